The molecule has 7 heteroatoms. The number of hydrogen-bond acceptors (Lipinski definition) is 6. The molecule has 144 valence electrons. The summed E-state index contributed by atoms with van der Waals surface area (Å²) in [7, 11) is 0. The summed E-state index contributed by atoms with van der Waals surface area (Å²) in [5.74, 6) is -0.0704. The summed E-state index contributed by atoms with van der Waals surface area (Å²) >= 11 is 3.15. The number of nitrogens with one attached hydrogen (secondary N) is 1. The average Bonchev–Trinajstić information content (AvgIpc) is 3.42. The lowest BCUT2D eigenvalue weighted by molar-refractivity contribution is -0.156. The summed E-state index contributed by atoms with van der Waals surface area (Å²) in [6.07, 6.45) is 1.29. The second-order valence-electron chi connectivity index (χ2n) is 6.61. The number of esters is 1. The van der Waals surface area contributed by atoms with Crippen molar-refractivity contribution in [2.45, 2.75) is 35.7 Å². The zero-order chi connectivity index (χ0) is 19.3. The summed E-state index contributed by atoms with van der Waals surface area (Å²) in [6.45, 7) is 0. The lowest BCUT2D eigenvalue weighted by Crippen LogP contribution is -2.33. The fourth-order valence-electron chi connectivity index (χ4n) is 2.73. The number of hydrogen-bond donors (Lipinski definition) is 1. The maximum atomic E-state index is 12.5. The van der Waals surface area contributed by atoms with Crippen LogP contribution in [0.15, 0.2) is 58.9 Å². The molecule has 4 rings (SSSR count). The topological polar surface area (TPSA) is 68.3 Å². The Labute approximate surface area is 171 Å². The van der Waals surface area contributed by atoms with Crippen LogP contribution < -0.4 is 5.32 Å². The van der Waals surface area contributed by atoms with Crippen LogP contribution in [0.25, 0.3) is 10.2 Å². The Morgan fingerprint density at radius 3 is 2.64 bits per heavy atom. The van der Waals surface area contributed by atoms with Crippen LogP contribution in [0.1, 0.15) is 30.9 Å². The van der Waals surface area contributed by atoms with Gasteiger partial charge in [0.15, 0.2) is 4.34 Å². The van der Waals surface area contributed by atoms with Crippen LogP contribution in [-0.2, 0) is 14.3 Å². The summed E-state index contributed by atoms with van der Waals surface area (Å²) in [5.41, 5.74) is 1.66. The molecule has 3 aromatic rings. The monoisotopic (exact) mass is 412 g/mol. The Morgan fingerprint density at radius 2 is 1.89 bits per heavy atom. The third-order valence-electron chi connectivity index (χ3n) is 4.32. The Morgan fingerprint density at radius 1 is 1.14 bits per heavy atom. The van der Waals surface area contributed by atoms with Crippen molar-refractivity contribution in [3.8, 4) is 0 Å². The van der Waals surface area contributed by atoms with E-state index in [0.717, 1.165) is 27.4 Å². The van der Waals surface area contributed by atoms with Crippen molar-refractivity contribution in [3.63, 3.8) is 0 Å². The summed E-state index contributed by atoms with van der Waals surface area (Å²) in [5, 5.41) is 2.92. The van der Waals surface area contributed by atoms with Crippen LogP contribution >= 0.6 is 23.1 Å². The minimum Gasteiger partial charge on any atom is -0.447 e. The van der Waals surface area contributed by atoms with Gasteiger partial charge in [-0.05, 0) is 25.0 Å². The SMILES string of the molecule is O=C(CCSc1nc2ccccc2s1)O[C@H](C(=O)NC1CC1)c1ccccc1. The molecule has 1 aromatic heterocycles. The lowest BCUT2D eigenvalue weighted by Gasteiger charge is -2.18. The van der Waals surface area contributed by atoms with Crippen LogP contribution in [0.2, 0.25) is 0 Å². The second kappa shape index (κ2) is 8.75. The van der Waals surface area contributed by atoms with Gasteiger partial charge in [-0.3, -0.25) is 9.59 Å². The normalized spacial score (nSPS) is 14.6. The van der Waals surface area contributed by atoms with E-state index in [1.54, 1.807) is 23.5 Å². The molecule has 2 aromatic carbocycles. The minimum atomic E-state index is -0.901. The molecule has 0 saturated heterocycles. The molecule has 1 heterocycles. The van der Waals surface area contributed by atoms with Crippen molar-refractivity contribution in [2.75, 3.05) is 5.75 Å². The number of thioether (sulfide) groups is 1. The second-order valence-corrected chi connectivity index (χ2v) is 8.98. The molecule has 1 atom stereocenters. The molecule has 0 aliphatic heterocycles. The maximum absolute atomic E-state index is 12.5. The quantitative estimate of drug-likeness (QED) is 0.440. The molecule has 0 spiro atoms. The van der Waals surface area contributed by atoms with Gasteiger partial charge in [-0.2, -0.15) is 0 Å². The average molecular weight is 413 g/mol. The fourth-order valence-corrected chi connectivity index (χ4v) is 4.79. The minimum absolute atomic E-state index is 0.215. The first-order valence-corrected chi connectivity index (χ1v) is 11.0. The predicted octanol–water partition coefficient (Wildman–Crippen LogP) is 4.34. The zero-order valence-corrected chi connectivity index (χ0v) is 16.8. The number of nitrogens with zero attached hydrogens (tertiary/aromatic N) is 1. The lowest BCUT2D eigenvalue weighted by atomic mass is 10.1. The van der Waals surface area contributed by atoms with Gasteiger partial charge in [0, 0.05) is 17.4 Å². The maximum Gasteiger partial charge on any atom is 0.307 e. The number of carbonyl (C=O) groups is 2. The summed E-state index contributed by atoms with van der Waals surface area (Å²) < 4.78 is 7.61. The standard InChI is InChI=1S/C21H20N2O3S2/c24-18(12-13-27-21-23-16-8-4-5-9-17(16)28-21)26-19(14-6-2-1-3-7-14)20(25)22-15-10-11-15/h1-9,15,19H,10-13H2,(H,22,25)/t19-/m0/s1. The third kappa shape index (κ3) is 4.91. The number of carbonyl (C=O) groups excluding carboxylic acids is 2. The van der Waals surface area contributed by atoms with E-state index in [2.05, 4.69) is 10.3 Å². The van der Waals surface area contributed by atoms with Crippen molar-refractivity contribution in [3.05, 3.63) is 60.2 Å². The highest BCUT2D eigenvalue weighted by Crippen LogP contribution is 2.30. The first-order valence-electron chi connectivity index (χ1n) is 9.22. The summed E-state index contributed by atoms with van der Waals surface area (Å²) in [6, 6.07) is 17.3. The number of aromatic nitrogens is 1. The van der Waals surface area contributed by atoms with Gasteiger partial charge in [0.2, 0.25) is 6.10 Å². The van der Waals surface area contributed by atoms with E-state index in [1.807, 2.05) is 42.5 Å². The van der Waals surface area contributed by atoms with Crippen LogP contribution in [0.5, 0.6) is 0 Å². The zero-order valence-electron chi connectivity index (χ0n) is 15.2. The molecule has 1 saturated carbocycles. The molecule has 0 unspecified atom stereocenters. The Kier molecular flexibility index (Phi) is 5.92. The molecule has 5 nitrogen and oxygen atoms in total. The summed E-state index contributed by atoms with van der Waals surface area (Å²) in [4.78, 5) is 29.4. The van der Waals surface area contributed by atoms with Gasteiger partial charge in [0.05, 0.1) is 16.6 Å². The molecule has 0 radical (unpaired) electrons. The Balaban J connectivity index is 1.33. The first kappa shape index (κ1) is 19.0. The van der Waals surface area contributed by atoms with Crippen LogP contribution in [-0.4, -0.2) is 28.7 Å². The largest absolute Gasteiger partial charge is 0.447 e. The van der Waals surface area contributed by atoms with Crippen molar-refractivity contribution in [2.24, 2.45) is 0 Å². The van der Waals surface area contributed by atoms with E-state index in [-0.39, 0.29) is 24.3 Å². The van der Waals surface area contributed by atoms with E-state index in [9.17, 15) is 9.59 Å². The predicted molar refractivity (Wildman–Crippen MR) is 111 cm³/mol. The van der Waals surface area contributed by atoms with Gasteiger partial charge < -0.3 is 10.1 Å². The van der Waals surface area contributed by atoms with Gasteiger partial charge in [-0.15, -0.1) is 11.3 Å². The van der Waals surface area contributed by atoms with Crippen molar-refractivity contribution >= 4 is 45.2 Å². The highest BCUT2D eigenvalue weighted by atomic mass is 32.2. The molecule has 1 N–H and O–H groups in total. The third-order valence-corrected chi connectivity index (χ3v) is 6.50. The van der Waals surface area contributed by atoms with Gasteiger partial charge in [0.1, 0.15) is 0 Å². The number of fused-ring (bicyclic) bond motifs is 1. The molecule has 1 fully saturated rings. The number of ether oxygens (including phenoxy) is 1. The number of para-hydroxylation sites is 1. The van der Waals surface area contributed by atoms with Gasteiger partial charge in [-0.25, -0.2) is 4.98 Å². The van der Waals surface area contributed by atoms with E-state index < -0.39 is 6.10 Å². The van der Waals surface area contributed by atoms with E-state index in [1.165, 1.54) is 11.8 Å². The van der Waals surface area contributed by atoms with Crippen molar-refractivity contribution in [1.29, 1.82) is 0 Å². The molecule has 1 aliphatic rings. The van der Waals surface area contributed by atoms with E-state index in [4.69, 9.17) is 4.74 Å². The van der Waals surface area contributed by atoms with Crippen molar-refractivity contribution < 1.29 is 14.3 Å². The molecule has 1 aliphatic carbocycles. The highest BCUT2D eigenvalue weighted by Gasteiger charge is 2.30. The molecular weight excluding hydrogens is 392 g/mol. The van der Waals surface area contributed by atoms with Crippen LogP contribution in [0, 0.1) is 0 Å². The molecular formula is C21H20N2O3S2. The number of benzene rings is 2. The molecule has 28 heavy (non-hydrogen) atoms. The van der Waals surface area contributed by atoms with Gasteiger partial charge >= 0.3 is 5.97 Å². The Bertz CT molecular complexity index is 937. The van der Waals surface area contributed by atoms with E-state index >= 15 is 0 Å². The van der Waals surface area contributed by atoms with E-state index in [0.29, 0.717) is 11.3 Å². The smallest absolute Gasteiger partial charge is 0.307 e. The number of amides is 1. The van der Waals surface area contributed by atoms with Crippen LogP contribution in [0.4, 0.5) is 0 Å². The van der Waals surface area contributed by atoms with Crippen LogP contribution in [0.3, 0.4) is 0 Å². The van der Waals surface area contributed by atoms with Gasteiger partial charge in [0.25, 0.3) is 5.91 Å². The molecule has 0 bridgehead atoms. The highest BCUT2D eigenvalue weighted by molar-refractivity contribution is 8.01. The first-order chi connectivity index (χ1) is 13.7. The van der Waals surface area contributed by atoms with Crippen molar-refractivity contribution in [1.82, 2.24) is 10.3 Å². The number of thiazole rings is 1. The van der Waals surface area contributed by atoms with Gasteiger partial charge in [-0.1, -0.05) is 54.2 Å². The fraction of sp³-hybridized carbons (Fsp3) is 0.286. The Hall–Kier alpha value is -2.38. The molecule has 1 amide bonds. The number of rotatable bonds is 8.